The zero-order chi connectivity index (χ0) is 14.5. The average Bonchev–Trinajstić information content (AvgIpc) is 2.94. The Morgan fingerprint density at radius 1 is 1.15 bits per heavy atom. The van der Waals surface area contributed by atoms with E-state index in [9.17, 15) is 9.59 Å². The van der Waals surface area contributed by atoms with Crippen LogP contribution in [0.1, 0.15) is 10.4 Å². The van der Waals surface area contributed by atoms with Crippen molar-refractivity contribution >= 4 is 52.0 Å². The van der Waals surface area contributed by atoms with Gasteiger partial charge in [0.2, 0.25) is 5.91 Å². The number of hydrogen-bond donors (Lipinski definition) is 2. The van der Waals surface area contributed by atoms with Crippen LogP contribution >= 0.6 is 34.5 Å². The molecule has 20 heavy (non-hydrogen) atoms. The van der Waals surface area contributed by atoms with Crippen LogP contribution in [0.2, 0.25) is 10.0 Å². The molecule has 2 aromatic rings. The van der Waals surface area contributed by atoms with E-state index in [1.54, 1.807) is 35.0 Å². The summed E-state index contributed by atoms with van der Waals surface area (Å²) in [7, 11) is 0. The van der Waals surface area contributed by atoms with Crippen molar-refractivity contribution in [3.05, 3.63) is 50.6 Å². The van der Waals surface area contributed by atoms with Crippen LogP contribution in [-0.4, -0.2) is 18.4 Å². The number of rotatable bonds is 4. The van der Waals surface area contributed by atoms with Crippen molar-refractivity contribution in [2.45, 2.75) is 0 Å². The maximum Gasteiger partial charge on any atom is 0.252 e. The van der Waals surface area contributed by atoms with E-state index in [0.29, 0.717) is 21.3 Å². The van der Waals surface area contributed by atoms with Gasteiger partial charge < -0.3 is 10.6 Å². The summed E-state index contributed by atoms with van der Waals surface area (Å²) in [5.41, 5.74) is 1.06. The molecule has 1 aromatic carbocycles. The molecule has 2 rings (SSSR count). The van der Waals surface area contributed by atoms with Crippen molar-refractivity contribution in [2.75, 3.05) is 11.9 Å². The van der Waals surface area contributed by atoms with Gasteiger partial charge in [-0.25, -0.2) is 0 Å². The maximum absolute atomic E-state index is 11.7. The van der Waals surface area contributed by atoms with Crippen LogP contribution < -0.4 is 10.6 Å². The zero-order valence-electron chi connectivity index (χ0n) is 10.2. The Bertz CT molecular complexity index is 629. The molecule has 7 heteroatoms. The van der Waals surface area contributed by atoms with Crippen LogP contribution in [0.5, 0.6) is 0 Å². The minimum atomic E-state index is -0.341. The fourth-order valence-electron chi connectivity index (χ4n) is 1.44. The summed E-state index contributed by atoms with van der Waals surface area (Å²) in [5.74, 6) is -0.623. The number of carbonyl (C=O) groups excluding carboxylic acids is 2. The Morgan fingerprint density at radius 3 is 2.60 bits per heavy atom. The van der Waals surface area contributed by atoms with Crippen LogP contribution in [0, 0.1) is 0 Å². The molecule has 0 saturated heterocycles. The summed E-state index contributed by atoms with van der Waals surface area (Å²) in [6, 6.07) is 6.45. The smallest absolute Gasteiger partial charge is 0.252 e. The molecule has 0 aliphatic carbocycles. The molecule has 0 spiro atoms. The van der Waals surface area contributed by atoms with E-state index in [4.69, 9.17) is 23.2 Å². The summed E-state index contributed by atoms with van der Waals surface area (Å²) >= 11 is 13.0. The predicted octanol–water partition coefficient (Wildman–Crippen LogP) is 3.42. The number of halogens is 2. The van der Waals surface area contributed by atoms with Gasteiger partial charge in [0.25, 0.3) is 5.91 Å². The molecule has 0 unspecified atom stereocenters. The highest BCUT2D eigenvalue weighted by atomic mass is 35.5. The minimum absolute atomic E-state index is 0.116. The van der Waals surface area contributed by atoms with Crippen molar-refractivity contribution in [1.29, 1.82) is 0 Å². The van der Waals surface area contributed by atoms with Gasteiger partial charge in [0, 0.05) is 16.6 Å². The summed E-state index contributed by atoms with van der Waals surface area (Å²) in [4.78, 5) is 23.3. The third kappa shape index (κ3) is 3.96. The lowest BCUT2D eigenvalue weighted by atomic mass is 10.3. The number of anilines is 1. The molecule has 4 nitrogen and oxygen atoms in total. The summed E-state index contributed by atoms with van der Waals surface area (Å²) in [5, 5.41) is 9.42. The Morgan fingerprint density at radius 2 is 1.95 bits per heavy atom. The van der Waals surface area contributed by atoms with Crippen molar-refractivity contribution in [3.63, 3.8) is 0 Å². The molecule has 2 amide bonds. The molecule has 2 N–H and O–H groups in total. The second-order valence-corrected chi connectivity index (χ2v) is 5.47. The van der Waals surface area contributed by atoms with Gasteiger partial charge in [0.1, 0.15) is 0 Å². The quantitative estimate of drug-likeness (QED) is 0.903. The highest BCUT2D eigenvalue weighted by Gasteiger charge is 2.09. The summed E-state index contributed by atoms with van der Waals surface area (Å²) in [6.07, 6.45) is 0. The van der Waals surface area contributed by atoms with E-state index < -0.39 is 0 Å². The lowest BCUT2D eigenvalue weighted by molar-refractivity contribution is -0.115. The number of amides is 2. The molecule has 0 atom stereocenters. The molecule has 1 aromatic heterocycles. The van der Waals surface area contributed by atoms with Crippen molar-refractivity contribution in [1.82, 2.24) is 5.32 Å². The second kappa shape index (κ2) is 6.74. The minimum Gasteiger partial charge on any atom is -0.343 e. The van der Waals surface area contributed by atoms with Gasteiger partial charge in [-0.2, -0.15) is 11.3 Å². The van der Waals surface area contributed by atoms with Crippen molar-refractivity contribution < 1.29 is 9.59 Å². The summed E-state index contributed by atoms with van der Waals surface area (Å²) < 4.78 is 0. The third-order valence-electron chi connectivity index (χ3n) is 2.40. The Kier molecular flexibility index (Phi) is 5.00. The molecular weight excluding hydrogens is 319 g/mol. The van der Waals surface area contributed by atoms with E-state index in [0.717, 1.165) is 0 Å². The van der Waals surface area contributed by atoms with Crippen molar-refractivity contribution in [3.8, 4) is 0 Å². The molecule has 0 aliphatic heterocycles. The van der Waals surface area contributed by atoms with E-state index in [-0.39, 0.29) is 18.4 Å². The zero-order valence-corrected chi connectivity index (χ0v) is 12.5. The molecule has 1 heterocycles. The molecule has 0 saturated carbocycles. The van der Waals surface area contributed by atoms with E-state index >= 15 is 0 Å². The van der Waals surface area contributed by atoms with Crippen LogP contribution in [0.15, 0.2) is 35.0 Å². The fourth-order valence-corrected chi connectivity index (χ4v) is 2.37. The number of carbonyl (C=O) groups is 2. The highest BCUT2D eigenvalue weighted by Crippen LogP contribution is 2.24. The van der Waals surface area contributed by atoms with Crippen LogP contribution in [0.4, 0.5) is 5.69 Å². The van der Waals surface area contributed by atoms with Gasteiger partial charge in [-0.1, -0.05) is 23.2 Å². The van der Waals surface area contributed by atoms with E-state index in [1.807, 2.05) is 0 Å². The largest absolute Gasteiger partial charge is 0.343 e. The molecule has 0 radical (unpaired) electrons. The predicted molar refractivity (Wildman–Crippen MR) is 81.7 cm³/mol. The highest BCUT2D eigenvalue weighted by molar-refractivity contribution is 7.08. The van der Waals surface area contributed by atoms with Gasteiger partial charge in [-0.15, -0.1) is 0 Å². The fraction of sp³-hybridized carbons (Fsp3) is 0.0769. The first kappa shape index (κ1) is 14.8. The maximum atomic E-state index is 11.7. The summed E-state index contributed by atoms with van der Waals surface area (Å²) in [6.45, 7) is -0.116. The van der Waals surface area contributed by atoms with Crippen LogP contribution in [0.3, 0.4) is 0 Å². The normalized spacial score (nSPS) is 10.1. The standard InChI is InChI=1S/C13H10Cl2N2O2S/c14-10-2-1-9(5-11(10)15)17-12(18)6-16-13(19)8-3-4-20-7-8/h1-5,7H,6H2,(H,16,19)(H,17,18). The Labute approximate surface area is 129 Å². The second-order valence-electron chi connectivity index (χ2n) is 3.87. The van der Waals surface area contributed by atoms with Gasteiger partial charge >= 0.3 is 0 Å². The van der Waals surface area contributed by atoms with E-state index in [2.05, 4.69) is 10.6 Å². The van der Waals surface area contributed by atoms with Crippen LogP contribution in [0.25, 0.3) is 0 Å². The molecule has 0 aliphatic rings. The first-order chi connectivity index (χ1) is 9.56. The number of hydrogen-bond acceptors (Lipinski definition) is 3. The SMILES string of the molecule is O=C(CNC(=O)c1ccsc1)Nc1ccc(Cl)c(Cl)c1. The number of thiophene rings is 1. The number of nitrogens with one attached hydrogen (secondary N) is 2. The van der Waals surface area contributed by atoms with E-state index in [1.165, 1.54) is 11.3 Å². The Hall–Kier alpha value is -1.56. The topological polar surface area (TPSA) is 58.2 Å². The van der Waals surface area contributed by atoms with Gasteiger partial charge in [-0.3, -0.25) is 9.59 Å². The first-order valence-corrected chi connectivity index (χ1v) is 7.31. The van der Waals surface area contributed by atoms with Gasteiger partial charge in [-0.05, 0) is 29.6 Å². The van der Waals surface area contributed by atoms with Crippen LogP contribution in [-0.2, 0) is 4.79 Å². The van der Waals surface area contributed by atoms with Crippen molar-refractivity contribution in [2.24, 2.45) is 0 Å². The molecule has 0 fully saturated rings. The van der Waals surface area contributed by atoms with Gasteiger partial charge in [0.05, 0.1) is 16.6 Å². The molecule has 104 valence electrons. The molecular formula is C13H10Cl2N2O2S. The number of benzene rings is 1. The molecule has 0 bridgehead atoms. The van der Waals surface area contributed by atoms with Gasteiger partial charge in [0.15, 0.2) is 0 Å². The third-order valence-corrected chi connectivity index (χ3v) is 3.82. The monoisotopic (exact) mass is 328 g/mol. The average molecular weight is 329 g/mol. The first-order valence-electron chi connectivity index (χ1n) is 5.61. The Balaban J connectivity index is 1.86. The lowest BCUT2D eigenvalue weighted by Crippen LogP contribution is -2.32. The lowest BCUT2D eigenvalue weighted by Gasteiger charge is -2.07.